The summed E-state index contributed by atoms with van der Waals surface area (Å²) >= 11 is 0. The molecule has 8 nitrogen and oxygen atoms in total. The number of esters is 1. The van der Waals surface area contributed by atoms with Gasteiger partial charge in [0.2, 0.25) is 0 Å². The third-order valence-electron chi connectivity index (χ3n) is 7.49. The number of hydrogen-bond donors (Lipinski definition) is 2. The van der Waals surface area contributed by atoms with Crippen molar-refractivity contribution < 1.29 is 14.6 Å². The van der Waals surface area contributed by atoms with Crippen molar-refractivity contribution in [3.63, 3.8) is 0 Å². The van der Waals surface area contributed by atoms with Crippen LogP contribution in [0.15, 0.2) is 23.0 Å². The molecule has 0 radical (unpaired) electrons. The highest BCUT2D eigenvalue weighted by Gasteiger charge is 2.45. The molecule has 5 heterocycles. The first-order chi connectivity index (χ1) is 15.9. The number of aryl methyl sites for hydroxylation is 1. The van der Waals surface area contributed by atoms with Gasteiger partial charge >= 0.3 is 5.97 Å². The smallest absolute Gasteiger partial charge is 0.343 e. The Hall–Kier alpha value is -3.23. The van der Waals surface area contributed by atoms with E-state index in [4.69, 9.17) is 15.5 Å². The van der Waals surface area contributed by atoms with Crippen LogP contribution in [0.25, 0.3) is 22.3 Å². The van der Waals surface area contributed by atoms with Crippen LogP contribution < -0.4 is 16.2 Å². The number of rotatable bonds is 3. The highest BCUT2D eigenvalue weighted by molar-refractivity contribution is 6.00. The monoisotopic (exact) mass is 446 g/mol. The van der Waals surface area contributed by atoms with Crippen LogP contribution in [0.5, 0.6) is 0 Å². The van der Waals surface area contributed by atoms with E-state index in [0.717, 1.165) is 41.7 Å². The van der Waals surface area contributed by atoms with E-state index in [9.17, 15) is 14.7 Å². The van der Waals surface area contributed by atoms with Crippen molar-refractivity contribution in [2.45, 2.75) is 45.4 Å². The predicted molar refractivity (Wildman–Crippen MR) is 124 cm³/mol. The zero-order valence-electron chi connectivity index (χ0n) is 18.8. The first-order valence-corrected chi connectivity index (χ1v) is 11.5. The van der Waals surface area contributed by atoms with E-state index in [0.29, 0.717) is 29.9 Å². The molecule has 3 aliphatic heterocycles. The number of aliphatic hydroxyl groups is 1. The molecule has 0 amide bonds. The van der Waals surface area contributed by atoms with Gasteiger partial charge in [-0.15, -0.1) is 0 Å². The van der Waals surface area contributed by atoms with Gasteiger partial charge in [0.05, 0.1) is 29.0 Å². The van der Waals surface area contributed by atoms with Gasteiger partial charge in [-0.25, -0.2) is 9.78 Å². The lowest BCUT2D eigenvalue weighted by Crippen LogP contribution is -2.44. The van der Waals surface area contributed by atoms with E-state index >= 15 is 0 Å². The molecule has 1 atom stereocenters. The molecule has 0 fully saturated rings. The van der Waals surface area contributed by atoms with Crippen LogP contribution in [0.3, 0.4) is 0 Å². The van der Waals surface area contributed by atoms with Gasteiger partial charge in [0.15, 0.2) is 5.60 Å². The lowest BCUT2D eigenvalue weighted by molar-refractivity contribution is -0.172. The largest absolute Gasteiger partial charge is 0.458 e. The van der Waals surface area contributed by atoms with Gasteiger partial charge in [-0.2, -0.15) is 0 Å². The summed E-state index contributed by atoms with van der Waals surface area (Å²) in [7, 11) is 0. The standard InChI is InChI=1S/C25H26N4O4/c1-3-25(32)17-10-19-21-15(11-29(19)23(30)16(17)12-33-24(25)31)14-6-8-28(9-7-26)22-13(2)4-5-18(27-21)20(14)22/h4-5,10,32H,3,6-9,11-12,26H2,1-2H3/t25-/m0/s1. The molecule has 0 bridgehead atoms. The van der Waals surface area contributed by atoms with Crippen LogP contribution in [0, 0.1) is 6.92 Å². The predicted octanol–water partition coefficient (Wildman–Crippen LogP) is 1.71. The molecular weight excluding hydrogens is 420 g/mol. The zero-order valence-corrected chi connectivity index (χ0v) is 18.8. The Kier molecular flexibility index (Phi) is 4.25. The van der Waals surface area contributed by atoms with Crippen molar-refractivity contribution in [2.24, 2.45) is 5.73 Å². The number of cyclic esters (lactones) is 1. The molecule has 2 aromatic heterocycles. The van der Waals surface area contributed by atoms with Crippen molar-refractivity contribution in [1.82, 2.24) is 9.55 Å². The van der Waals surface area contributed by atoms with E-state index < -0.39 is 11.6 Å². The lowest BCUT2D eigenvalue weighted by atomic mass is 9.86. The molecule has 0 aliphatic carbocycles. The van der Waals surface area contributed by atoms with E-state index in [1.807, 2.05) is 6.07 Å². The Morgan fingerprint density at radius 2 is 2.06 bits per heavy atom. The number of nitrogens with two attached hydrogens (primary N) is 1. The van der Waals surface area contributed by atoms with E-state index in [1.165, 1.54) is 16.8 Å². The Bertz CT molecular complexity index is 1430. The maximum absolute atomic E-state index is 13.5. The highest BCUT2D eigenvalue weighted by atomic mass is 16.6. The number of carbonyl (C=O) groups is 1. The second-order valence-electron chi connectivity index (χ2n) is 9.17. The molecule has 8 heteroatoms. The fourth-order valence-corrected chi connectivity index (χ4v) is 5.77. The molecule has 0 spiro atoms. The lowest BCUT2D eigenvalue weighted by Gasteiger charge is -2.33. The summed E-state index contributed by atoms with van der Waals surface area (Å²) in [5, 5.41) is 12.2. The van der Waals surface area contributed by atoms with Crippen LogP contribution in [0.2, 0.25) is 0 Å². The van der Waals surface area contributed by atoms with Gasteiger partial charge in [-0.05, 0) is 43.0 Å². The Morgan fingerprint density at radius 3 is 2.82 bits per heavy atom. The van der Waals surface area contributed by atoms with E-state index in [-0.39, 0.29) is 18.6 Å². The molecule has 170 valence electrons. The summed E-state index contributed by atoms with van der Waals surface area (Å²) in [4.78, 5) is 33.2. The fourth-order valence-electron chi connectivity index (χ4n) is 5.77. The van der Waals surface area contributed by atoms with Crippen molar-refractivity contribution in [3.05, 3.63) is 56.4 Å². The van der Waals surface area contributed by atoms with Gasteiger partial charge < -0.3 is 25.0 Å². The summed E-state index contributed by atoms with van der Waals surface area (Å²) in [5.41, 5.74) is 11.5. The SMILES string of the molecule is CC[C@@]1(O)C(=O)OCc2c1cc1n(c2=O)Cc2c-1nc1ccc(C)c3c1c2CCN3CCN. The molecule has 0 saturated heterocycles. The van der Waals surface area contributed by atoms with Crippen molar-refractivity contribution in [3.8, 4) is 11.4 Å². The second-order valence-corrected chi connectivity index (χ2v) is 9.17. The van der Waals surface area contributed by atoms with Gasteiger partial charge in [-0.3, -0.25) is 4.79 Å². The Morgan fingerprint density at radius 1 is 1.24 bits per heavy atom. The van der Waals surface area contributed by atoms with Gasteiger partial charge in [0.1, 0.15) is 6.61 Å². The third kappa shape index (κ3) is 2.56. The first-order valence-electron chi connectivity index (χ1n) is 11.5. The molecule has 6 rings (SSSR count). The minimum atomic E-state index is -1.82. The molecule has 1 aromatic carbocycles. The maximum Gasteiger partial charge on any atom is 0.343 e. The number of pyridine rings is 2. The topological polar surface area (TPSA) is 111 Å². The summed E-state index contributed by atoms with van der Waals surface area (Å²) in [6.45, 7) is 6.35. The number of aromatic nitrogens is 2. The third-order valence-corrected chi connectivity index (χ3v) is 7.49. The summed E-state index contributed by atoms with van der Waals surface area (Å²) in [6.07, 6.45) is 0.978. The number of carbonyl (C=O) groups excluding carboxylic acids is 1. The van der Waals surface area contributed by atoms with Crippen LogP contribution in [-0.2, 0) is 34.7 Å². The normalized spacial score (nSPS) is 20.5. The molecule has 0 saturated carbocycles. The van der Waals surface area contributed by atoms with Crippen LogP contribution in [-0.4, -0.2) is 40.3 Å². The maximum atomic E-state index is 13.5. The average molecular weight is 447 g/mol. The van der Waals surface area contributed by atoms with Crippen LogP contribution in [0.1, 0.15) is 41.2 Å². The molecule has 33 heavy (non-hydrogen) atoms. The molecule has 3 N–H and O–H groups in total. The first kappa shape index (κ1) is 20.4. The quantitative estimate of drug-likeness (QED) is 0.461. The van der Waals surface area contributed by atoms with Crippen molar-refractivity contribution in [2.75, 3.05) is 24.5 Å². The molecule has 0 unspecified atom stereocenters. The number of benzene rings is 1. The Labute approximate surface area is 190 Å². The van der Waals surface area contributed by atoms with Crippen LogP contribution in [0.4, 0.5) is 5.69 Å². The van der Waals surface area contributed by atoms with Gasteiger partial charge in [0, 0.05) is 41.8 Å². The van der Waals surface area contributed by atoms with Gasteiger partial charge in [0.25, 0.3) is 5.56 Å². The summed E-state index contributed by atoms with van der Waals surface area (Å²) < 4.78 is 6.88. The number of hydrogen-bond acceptors (Lipinski definition) is 7. The van der Waals surface area contributed by atoms with E-state index in [2.05, 4.69) is 17.9 Å². The van der Waals surface area contributed by atoms with E-state index in [1.54, 1.807) is 17.6 Å². The number of anilines is 1. The zero-order chi connectivity index (χ0) is 23.1. The Balaban J connectivity index is 1.63. The van der Waals surface area contributed by atoms with Gasteiger partial charge in [-0.1, -0.05) is 13.0 Å². The number of ether oxygens (including phenoxy) is 1. The van der Waals surface area contributed by atoms with Crippen molar-refractivity contribution in [1.29, 1.82) is 0 Å². The molecular formula is C25H26N4O4. The van der Waals surface area contributed by atoms with Crippen LogP contribution >= 0.6 is 0 Å². The minimum absolute atomic E-state index is 0.119. The minimum Gasteiger partial charge on any atom is -0.458 e. The molecule has 3 aliphatic rings. The summed E-state index contributed by atoms with van der Waals surface area (Å²) in [5.74, 6) is -0.707. The second kappa shape index (κ2) is 6.88. The number of nitrogens with zero attached hydrogens (tertiary/aromatic N) is 3. The highest BCUT2D eigenvalue weighted by Crippen LogP contribution is 2.44. The number of fused-ring (bicyclic) bond motifs is 5. The van der Waals surface area contributed by atoms with Crippen molar-refractivity contribution >= 4 is 22.6 Å². The fraction of sp³-hybridized carbons (Fsp3) is 0.400. The average Bonchev–Trinajstić information content (AvgIpc) is 3.19. The summed E-state index contributed by atoms with van der Waals surface area (Å²) in [6, 6.07) is 5.88. The molecule has 3 aromatic rings.